The van der Waals surface area contributed by atoms with Crippen LogP contribution in [-0.4, -0.2) is 67.3 Å². The van der Waals surface area contributed by atoms with Crippen LogP contribution < -0.4 is 5.32 Å². The minimum absolute atomic E-state index is 0.0531. The molecule has 1 atom stereocenters. The van der Waals surface area contributed by atoms with Crippen molar-refractivity contribution in [1.29, 1.82) is 0 Å². The lowest BCUT2D eigenvalue weighted by atomic mass is 9.95. The third kappa shape index (κ3) is 5.11. The Morgan fingerprint density at radius 3 is 2.88 bits per heavy atom. The van der Waals surface area contributed by atoms with E-state index < -0.39 is 0 Å². The lowest BCUT2D eigenvalue weighted by molar-refractivity contribution is -0.126. The predicted octanol–water partition coefficient (Wildman–Crippen LogP) is 2.18. The fraction of sp³-hybridized carbons (Fsp3) is 0.611. The fourth-order valence-corrected chi connectivity index (χ4v) is 4.99. The summed E-state index contributed by atoms with van der Waals surface area (Å²) in [5.74, 6) is 2.14. The molecule has 25 heavy (non-hydrogen) atoms. The minimum Gasteiger partial charge on any atom is -0.379 e. The highest BCUT2D eigenvalue weighted by Gasteiger charge is 2.40. The van der Waals surface area contributed by atoms with Gasteiger partial charge in [-0.05, 0) is 23.8 Å². The van der Waals surface area contributed by atoms with Gasteiger partial charge in [-0.25, -0.2) is 0 Å². The lowest BCUT2D eigenvalue weighted by Crippen LogP contribution is -2.59. The molecule has 1 unspecified atom stereocenters. The van der Waals surface area contributed by atoms with Gasteiger partial charge >= 0.3 is 0 Å². The van der Waals surface area contributed by atoms with E-state index in [9.17, 15) is 4.79 Å². The number of hydrogen-bond donors (Lipinski definition) is 1. The van der Waals surface area contributed by atoms with E-state index in [1.54, 1.807) is 0 Å². The molecule has 2 saturated heterocycles. The van der Waals surface area contributed by atoms with Crippen molar-refractivity contribution in [1.82, 2.24) is 10.2 Å². The van der Waals surface area contributed by atoms with Gasteiger partial charge in [0.15, 0.2) is 0 Å². The van der Waals surface area contributed by atoms with Crippen molar-refractivity contribution in [3.05, 3.63) is 34.9 Å². The van der Waals surface area contributed by atoms with Crippen LogP contribution >= 0.6 is 23.4 Å². The monoisotopic (exact) mass is 384 g/mol. The molecule has 0 bridgehead atoms. The van der Waals surface area contributed by atoms with Crippen LogP contribution in [0.4, 0.5) is 0 Å². The van der Waals surface area contributed by atoms with Gasteiger partial charge in [0.05, 0.1) is 19.8 Å². The molecule has 1 amide bonds. The van der Waals surface area contributed by atoms with Crippen molar-refractivity contribution in [2.75, 3.05) is 51.0 Å². The van der Waals surface area contributed by atoms with E-state index >= 15 is 0 Å². The summed E-state index contributed by atoms with van der Waals surface area (Å²) in [5, 5.41) is 3.73. The zero-order valence-electron chi connectivity index (χ0n) is 14.3. The summed E-state index contributed by atoms with van der Waals surface area (Å²) in [6.07, 6.45) is 1.11. The van der Waals surface area contributed by atoms with Gasteiger partial charge in [-0.1, -0.05) is 29.8 Å². The smallest absolute Gasteiger partial charge is 0.246 e. The molecule has 0 spiro atoms. The summed E-state index contributed by atoms with van der Waals surface area (Å²) in [4.78, 5) is 14.7. The third-order valence-corrected chi connectivity index (χ3v) is 6.43. The van der Waals surface area contributed by atoms with Crippen LogP contribution in [0, 0.1) is 0 Å². The highest BCUT2D eigenvalue weighted by atomic mass is 35.5. The first-order chi connectivity index (χ1) is 12.2. The number of carbonyl (C=O) groups is 1. The first-order valence-corrected chi connectivity index (χ1v) is 10.2. The highest BCUT2D eigenvalue weighted by Crippen LogP contribution is 2.33. The molecule has 0 aromatic heterocycles. The van der Waals surface area contributed by atoms with Gasteiger partial charge < -0.3 is 14.8 Å². The fourth-order valence-electron chi connectivity index (χ4n) is 3.32. The standard InChI is InChI=1S/C18H25ClN2O3S/c19-16-4-2-1-3-15(16)11-24-12-17(22)20-13-18(5-10-25-14-18)21-6-8-23-9-7-21/h1-4H,5-14H2,(H,20,22). The Morgan fingerprint density at radius 2 is 2.16 bits per heavy atom. The number of morpholine rings is 1. The SMILES string of the molecule is O=C(COCc1ccccc1Cl)NCC1(N2CCOCC2)CCSC1. The van der Waals surface area contributed by atoms with Gasteiger partial charge in [0.25, 0.3) is 0 Å². The number of benzene rings is 1. The van der Waals surface area contributed by atoms with E-state index in [-0.39, 0.29) is 18.1 Å². The average molecular weight is 385 g/mol. The molecule has 0 saturated carbocycles. The number of nitrogens with zero attached hydrogens (tertiary/aromatic N) is 1. The molecule has 0 aliphatic carbocycles. The normalized spacial score (nSPS) is 24.4. The van der Waals surface area contributed by atoms with Crippen molar-refractivity contribution in [2.45, 2.75) is 18.6 Å². The maximum Gasteiger partial charge on any atom is 0.246 e. The molecule has 5 nitrogen and oxygen atoms in total. The minimum atomic E-state index is -0.0726. The second-order valence-corrected chi connectivity index (χ2v) is 8.00. The van der Waals surface area contributed by atoms with E-state index in [4.69, 9.17) is 21.1 Å². The quantitative estimate of drug-likeness (QED) is 0.780. The van der Waals surface area contributed by atoms with E-state index in [2.05, 4.69) is 10.2 Å². The molecule has 2 fully saturated rings. The van der Waals surface area contributed by atoms with Gasteiger partial charge in [0.2, 0.25) is 5.91 Å². The lowest BCUT2D eigenvalue weighted by Gasteiger charge is -2.43. The molecule has 2 aliphatic heterocycles. The van der Waals surface area contributed by atoms with E-state index in [0.717, 1.165) is 49.8 Å². The van der Waals surface area contributed by atoms with Gasteiger partial charge in [-0.15, -0.1) is 0 Å². The maximum absolute atomic E-state index is 12.2. The molecule has 3 rings (SSSR count). The van der Waals surface area contributed by atoms with Crippen LogP contribution in [0.3, 0.4) is 0 Å². The Morgan fingerprint density at radius 1 is 1.36 bits per heavy atom. The van der Waals surface area contributed by atoms with Crippen LogP contribution in [0.1, 0.15) is 12.0 Å². The number of thioether (sulfide) groups is 1. The Hall–Kier alpha value is -0.790. The summed E-state index contributed by atoms with van der Waals surface area (Å²) >= 11 is 8.06. The number of nitrogens with one attached hydrogen (secondary N) is 1. The first kappa shape index (κ1) is 19.0. The van der Waals surface area contributed by atoms with Crippen molar-refractivity contribution < 1.29 is 14.3 Å². The van der Waals surface area contributed by atoms with Crippen molar-refractivity contribution in [3.8, 4) is 0 Å². The average Bonchev–Trinajstić information content (AvgIpc) is 3.13. The largest absolute Gasteiger partial charge is 0.379 e. The van der Waals surface area contributed by atoms with Gasteiger partial charge in [-0.3, -0.25) is 9.69 Å². The molecule has 0 radical (unpaired) electrons. The molecule has 1 aromatic rings. The Labute approximate surface area is 158 Å². The van der Waals surface area contributed by atoms with Crippen molar-refractivity contribution in [2.24, 2.45) is 0 Å². The molecule has 2 aliphatic rings. The van der Waals surface area contributed by atoms with Gasteiger partial charge in [-0.2, -0.15) is 11.8 Å². The molecule has 138 valence electrons. The number of carbonyl (C=O) groups excluding carboxylic acids is 1. The Balaban J connectivity index is 1.44. The summed E-state index contributed by atoms with van der Waals surface area (Å²) in [7, 11) is 0. The Kier molecular flexibility index (Phi) is 7.01. The van der Waals surface area contributed by atoms with Crippen LogP contribution in [0.5, 0.6) is 0 Å². The third-order valence-electron chi connectivity index (χ3n) is 4.83. The first-order valence-electron chi connectivity index (χ1n) is 8.68. The van der Waals surface area contributed by atoms with E-state index in [1.165, 1.54) is 0 Å². The van der Waals surface area contributed by atoms with Crippen LogP contribution in [-0.2, 0) is 20.9 Å². The second kappa shape index (κ2) is 9.24. The van der Waals surface area contributed by atoms with Crippen molar-refractivity contribution in [3.63, 3.8) is 0 Å². The number of rotatable bonds is 7. The second-order valence-electron chi connectivity index (χ2n) is 6.49. The molecular weight excluding hydrogens is 360 g/mol. The molecular formula is C18H25ClN2O3S. The van der Waals surface area contributed by atoms with Crippen LogP contribution in [0.2, 0.25) is 5.02 Å². The number of hydrogen-bond acceptors (Lipinski definition) is 5. The van der Waals surface area contributed by atoms with Gasteiger partial charge in [0.1, 0.15) is 6.61 Å². The molecule has 1 aromatic carbocycles. The predicted molar refractivity (Wildman–Crippen MR) is 101 cm³/mol. The summed E-state index contributed by atoms with van der Waals surface area (Å²) < 4.78 is 11.0. The summed E-state index contributed by atoms with van der Waals surface area (Å²) in [5.41, 5.74) is 0.960. The topological polar surface area (TPSA) is 50.8 Å². The number of halogens is 1. The zero-order valence-corrected chi connectivity index (χ0v) is 15.9. The molecule has 1 N–H and O–H groups in total. The zero-order chi connectivity index (χ0) is 17.5. The Bertz CT molecular complexity index is 575. The van der Waals surface area contributed by atoms with Crippen LogP contribution in [0.15, 0.2) is 24.3 Å². The maximum atomic E-state index is 12.2. The van der Waals surface area contributed by atoms with Gasteiger partial charge in [0, 0.05) is 35.9 Å². The van der Waals surface area contributed by atoms with Crippen molar-refractivity contribution >= 4 is 29.3 Å². The molecule has 7 heteroatoms. The van der Waals surface area contributed by atoms with E-state index in [1.807, 2.05) is 36.0 Å². The van der Waals surface area contributed by atoms with E-state index in [0.29, 0.717) is 18.2 Å². The summed E-state index contributed by atoms with van der Waals surface area (Å²) in [6.45, 7) is 4.52. The highest BCUT2D eigenvalue weighted by molar-refractivity contribution is 7.99. The molecule has 2 heterocycles. The van der Waals surface area contributed by atoms with Crippen LogP contribution in [0.25, 0.3) is 0 Å². The number of ether oxygens (including phenoxy) is 2. The number of amides is 1. The summed E-state index contributed by atoms with van der Waals surface area (Å²) in [6, 6.07) is 7.52.